The molecule has 0 atom stereocenters. The van der Waals surface area contributed by atoms with Crippen LogP contribution in [0.2, 0.25) is 0 Å². The number of nitrogens with one attached hydrogen (secondary N) is 1. The van der Waals surface area contributed by atoms with E-state index >= 15 is 0 Å². The maximum atomic E-state index is 10.8. The third kappa shape index (κ3) is 3.42. The van der Waals surface area contributed by atoms with Crippen LogP contribution in [-0.2, 0) is 0 Å². The van der Waals surface area contributed by atoms with Crippen LogP contribution in [0, 0.1) is 17.0 Å². The number of nitro groups is 1. The first-order chi connectivity index (χ1) is 9.56. The molecule has 6 heteroatoms. The fourth-order valence-electron chi connectivity index (χ4n) is 2.75. The van der Waals surface area contributed by atoms with Crippen LogP contribution in [0.15, 0.2) is 12.1 Å². The summed E-state index contributed by atoms with van der Waals surface area (Å²) in [5.74, 6) is 0.729. The number of hydrogen-bond donors (Lipinski definition) is 1. The third-order valence-corrected chi connectivity index (χ3v) is 5.46. The molecular weight excluding hydrogens is 274 g/mol. The highest BCUT2D eigenvalue weighted by Crippen LogP contribution is 2.38. The fraction of sp³-hybridized carbons (Fsp3) is 0.643. The third-order valence-electron chi connectivity index (χ3n) is 4.04. The van der Waals surface area contributed by atoms with E-state index < -0.39 is 4.92 Å². The molecule has 1 heterocycles. The lowest BCUT2D eigenvalue weighted by atomic mass is 9.88. The summed E-state index contributed by atoms with van der Waals surface area (Å²) in [6.45, 7) is 2.55. The molecule has 1 aromatic rings. The second kappa shape index (κ2) is 6.43. The summed E-state index contributed by atoms with van der Waals surface area (Å²) in [6, 6.07) is 3.22. The second-order valence-corrected chi connectivity index (χ2v) is 6.63. The van der Waals surface area contributed by atoms with Crippen LogP contribution in [0.25, 0.3) is 0 Å². The lowest BCUT2D eigenvalue weighted by Gasteiger charge is -2.36. The number of aryl methyl sites for hydroxylation is 1. The Hall–Kier alpha value is -1.30. The monoisotopic (exact) mass is 295 g/mol. The van der Waals surface area contributed by atoms with E-state index in [1.54, 1.807) is 13.0 Å². The van der Waals surface area contributed by atoms with Crippen LogP contribution >= 0.6 is 11.8 Å². The number of nitrogens with zero attached hydrogens (tertiary/aromatic N) is 2. The van der Waals surface area contributed by atoms with Crippen molar-refractivity contribution in [3.05, 3.63) is 27.9 Å². The van der Waals surface area contributed by atoms with Crippen molar-refractivity contribution in [2.45, 2.75) is 43.8 Å². The number of hydrogen-bond acceptors (Lipinski definition) is 5. The van der Waals surface area contributed by atoms with E-state index in [2.05, 4.69) is 16.6 Å². The second-order valence-electron chi connectivity index (χ2n) is 5.36. The normalized spacial score (nSPS) is 17.7. The molecule has 2 rings (SSSR count). The number of rotatable bonds is 5. The number of thioether (sulfide) groups is 1. The molecule has 0 radical (unpaired) electrons. The highest BCUT2D eigenvalue weighted by Gasteiger charge is 2.31. The van der Waals surface area contributed by atoms with Gasteiger partial charge in [-0.1, -0.05) is 19.3 Å². The predicted molar refractivity (Wildman–Crippen MR) is 83.4 cm³/mol. The Labute approximate surface area is 123 Å². The average Bonchev–Trinajstić information content (AvgIpc) is 2.46. The molecule has 5 nitrogen and oxygen atoms in total. The summed E-state index contributed by atoms with van der Waals surface area (Å²) in [4.78, 5) is 14.7. The zero-order valence-electron chi connectivity index (χ0n) is 12.0. The van der Waals surface area contributed by atoms with Crippen molar-refractivity contribution in [2.24, 2.45) is 0 Å². The van der Waals surface area contributed by atoms with Crippen molar-refractivity contribution < 1.29 is 4.92 Å². The first kappa shape index (κ1) is 15.1. The lowest BCUT2D eigenvalue weighted by molar-refractivity contribution is -0.385. The first-order valence-electron chi connectivity index (χ1n) is 6.97. The number of aromatic nitrogens is 1. The van der Waals surface area contributed by atoms with Gasteiger partial charge in [0.1, 0.15) is 11.5 Å². The molecule has 0 spiro atoms. The van der Waals surface area contributed by atoms with Crippen molar-refractivity contribution in [3.63, 3.8) is 0 Å². The van der Waals surface area contributed by atoms with Gasteiger partial charge in [0.25, 0.3) is 5.69 Å². The molecule has 0 aromatic carbocycles. The number of anilines is 1. The van der Waals surface area contributed by atoms with Gasteiger partial charge in [0.2, 0.25) is 0 Å². The van der Waals surface area contributed by atoms with Crippen molar-refractivity contribution in [3.8, 4) is 0 Å². The molecule has 110 valence electrons. The maximum absolute atomic E-state index is 10.8. The summed E-state index contributed by atoms with van der Waals surface area (Å²) in [7, 11) is 0. The van der Waals surface area contributed by atoms with E-state index in [1.807, 2.05) is 11.8 Å². The molecule has 0 aliphatic heterocycles. The van der Waals surface area contributed by atoms with Gasteiger partial charge in [-0.05, 0) is 32.1 Å². The van der Waals surface area contributed by atoms with Crippen LogP contribution in [0.1, 0.15) is 37.8 Å². The van der Waals surface area contributed by atoms with Gasteiger partial charge < -0.3 is 5.32 Å². The van der Waals surface area contributed by atoms with Gasteiger partial charge in [-0.3, -0.25) is 10.1 Å². The van der Waals surface area contributed by atoms with E-state index in [4.69, 9.17) is 0 Å². The lowest BCUT2D eigenvalue weighted by Crippen LogP contribution is -2.35. The SMILES string of the molecule is CSC1(CNc2ccc([N+](=O)[O-])c(C)n2)CCCCC1. The van der Waals surface area contributed by atoms with E-state index in [9.17, 15) is 10.1 Å². The minimum Gasteiger partial charge on any atom is -0.369 e. The number of pyridine rings is 1. The van der Waals surface area contributed by atoms with E-state index in [0.29, 0.717) is 5.69 Å². The molecule has 1 N–H and O–H groups in total. The van der Waals surface area contributed by atoms with Crippen LogP contribution in [-0.4, -0.2) is 27.5 Å². The van der Waals surface area contributed by atoms with Gasteiger partial charge in [-0.2, -0.15) is 11.8 Å². The topological polar surface area (TPSA) is 68.1 Å². The van der Waals surface area contributed by atoms with Gasteiger partial charge in [0, 0.05) is 17.4 Å². The smallest absolute Gasteiger partial charge is 0.290 e. The summed E-state index contributed by atoms with van der Waals surface area (Å²) in [6.07, 6.45) is 8.53. The molecule has 1 aliphatic carbocycles. The molecule has 1 fully saturated rings. The van der Waals surface area contributed by atoms with Crippen molar-refractivity contribution in [2.75, 3.05) is 18.1 Å². The standard InChI is InChI=1S/C14H21N3O2S/c1-11-12(17(18)19)6-7-13(16-11)15-10-14(20-2)8-4-3-5-9-14/h6-7H,3-5,8-10H2,1-2H3,(H,15,16). The Morgan fingerprint density at radius 2 is 2.10 bits per heavy atom. The highest BCUT2D eigenvalue weighted by atomic mass is 32.2. The largest absolute Gasteiger partial charge is 0.369 e. The molecule has 20 heavy (non-hydrogen) atoms. The van der Waals surface area contributed by atoms with Crippen molar-refractivity contribution in [1.82, 2.24) is 4.98 Å². The van der Waals surface area contributed by atoms with Gasteiger partial charge in [0.05, 0.1) is 4.92 Å². The van der Waals surface area contributed by atoms with Gasteiger partial charge in [-0.25, -0.2) is 4.98 Å². The Bertz CT molecular complexity index is 487. The van der Waals surface area contributed by atoms with Crippen LogP contribution in [0.4, 0.5) is 11.5 Å². The molecule has 1 aliphatic rings. The molecule has 0 bridgehead atoms. The van der Waals surface area contributed by atoms with E-state index in [1.165, 1.54) is 38.2 Å². The molecule has 0 amide bonds. The molecule has 0 saturated heterocycles. The van der Waals surface area contributed by atoms with E-state index in [0.717, 1.165) is 12.4 Å². The Kier molecular flexibility index (Phi) is 4.86. The highest BCUT2D eigenvalue weighted by molar-refractivity contribution is 8.00. The molecular formula is C14H21N3O2S. The maximum Gasteiger partial charge on any atom is 0.290 e. The quantitative estimate of drug-likeness (QED) is 0.661. The van der Waals surface area contributed by atoms with Crippen molar-refractivity contribution in [1.29, 1.82) is 0 Å². The summed E-state index contributed by atoms with van der Waals surface area (Å²) >= 11 is 1.93. The molecule has 1 aromatic heterocycles. The predicted octanol–water partition coefficient (Wildman–Crippen LogP) is 3.78. The van der Waals surface area contributed by atoms with Crippen LogP contribution in [0.3, 0.4) is 0 Å². The Morgan fingerprint density at radius 3 is 2.65 bits per heavy atom. The zero-order chi connectivity index (χ0) is 14.6. The first-order valence-corrected chi connectivity index (χ1v) is 8.20. The Morgan fingerprint density at radius 1 is 1.40 bits per heavy atom. The van der Waals surface area contributed by atoms with E-state index in [-0.39, 0.29) is 10.4 Å². The molecule has 0 unspecified atom stereocenters. The van der Waals surface area contributed by atoms with Gasteiger partial charge in [0.15, 0.2) is 0 Å². The summed E-state index contributed by atoms with van der Waals surface area (Å²) < 4.78 is 0.287. The summed E-state index contributed by atoms with van der Waals surface area (Å²) in [5, 5.41) is 14.1. The molecule has 1 saturated carbocycles. The van der Waals surface area contributed by atoms with Crippen LogP contribution in [0.5, 0.6) is 0 Å². The Balaban J connectivity index is 2.03. The fourth-order valence-corrected chi connectivity index (χ4v) is 3.66. The van der Waals surface area contributed by atoms with Gasteiger partial charge >= 0.3 is 0 Å². The van der Waals surface area contributed by atoms with Gasteiger partial charge in [-0.15, -0.1) is 0 Å². The average molecular weight is 295 g/mol. The van der Waals surface area contributed by atoms with Crippen LogP contribution < -0.4 is 5.32 Å². The minimum absolute atomic E-state index is 0.0767. The zero-order valence-corrected chi connectivity index (χ0v) is 12.8. The summed E-state index contributed by atoms with van der Waals surface area (Å²) in [5.41, 5.74) is 0.537. The minimum atomic E-state index is -0.392. The van der Waals surface area contributed by atoms with Crippen molar-refractivity contribution >= 4 is 23.3 Å².